The molecule has 17 heavy (non-hydrogen) atoms. The molecule has 7 heteroatoms. The summed E-state index contributed by atoms with van der Waals surface area (Å²) in [5, 5.41) is 0.138. The van der Waals surface area contributed by atoms with Crippen LogP contribution in [0.3, 0.4) is 0 Å². The third-order valence-electron chi connectivity index (χ3n) is 1.83. The van der Waals surface area contributed by atoms with E-state index in [9.17, 15) is 9.36 Å². The van der Waals surface area contributed by atoms with E-state index in [1.807, 2.05) is 20.8 Å². The summed E-state index contributed by atoms with van der Waals surface area (Å²) < 4.78 is 25.7. The van der Waals surface area contributed by atoms with E-state index in [0.717, 1.165) is 0 Å². The van der Waals surface area contributed by atoms with Crippen molar-refractivity contribution in [2.45, 2.75) is 27.2 Å². The predicted octanol–water partition coefficient (Wildman–Crippen LogP) is 3.10. The summed E-state index contributed by atoms with van der Waals surface area (Å²) in [5.74, 6) is 0.629. The van der Waals surface area contributed by atoms with E-state index in [1.165, 1.54) is 26.0 Å². The summed E-state index contributed by atoms with van der Waals surface area (Å²) in [7, 11) is -0.840. The second-order valence-electron chi connectivity index (χ2n) is 4.39. The molecule has 0 aliphatic carbocycles. The lowest BCUT2D eigenvalue weighted by Crippen LogP contribution is -2.17. The van der Waals surface area contributed by atoms with E-state index in [0.29, 0.717) is 12.2 Å². The van der Waals surface area contributed by atoms with Gasteiger partial charge >= 0.3 is 7.82 Å². The van der Waals surface area contributed by atoms with E-state index in [-0.39, 0.29) is 17.1 Å². The largest absolute Gasteiger partial charge is 0.474 e. The molecule has 0 heterocycles. The van der Waals surface area contributed by atoms with Gasteiger partial charge in [0.15, 0.2) is 5.12 Å². The molecule has 0 amide bonds. The third kappa shape index (κ3) is 7.21. The average molecular weight is 284 g/mol. The highest BCUT2D eigenvalue weighted by atomic mass is 32.2. The highest BCUT2D eigenvalue weighted by Gasteiger charge is 2.23. The lowest BCUT2D eigenvalue weighted by Gasteiger charge is -2.16. The van der Waals surface area contributed by atoms with Crippen molar-refractivity contribution in [1.29, 1.82) is 0 Å². The number of thioether (sulfide) groups is 1. The Kier molecular flexibility index (Phi) is 7.60. The zero-order chi connectivity index (χ0) is 13.5. The third-order valence-corrected chi connectivity index (χ3v) is 4.59. The van der Waals surface area contributed by atoms with Crippen LogP contribution >= 0.6 is 19.6 Å². The number of phosphoric ester groups is 1. The van der Waals surface area contributed by atoms with Crippen LogP contribution in [0, 0.1) is 5.41 Å². The van der Waals surface area contributed by atoms with Crippen LogP contribution in [0.1, 0.15) is 27.2 Å². The molecule has 0 aliphatic heterocycles. The fourth-order valence-corrected chi connectivity index (χ4v) is 2.39. The van der Waals surface area contributed by atoms with Crippen molar-refractivity contribution in [2.24, 2.45) is 5.41 Å². The number of rotatable bonds is 7. The monoisotopic (exact) mass is 284 g/mol. The highest BCUT2D eigenvalue weighted by Crippen LogP contribution is 2.47. The van der Waals surface area contributed by atoms with Gasteiger partial charge in [-0.2, -0.15) is 0 Å². The Hall–Kier alpha value is 0.130. The lowest BCUT2D eigenvalue weighted by atomic mass is 10.00. The van der Waals surface area contributed by atoms with Crippen LogP contribution in [-0.4, -0.2) is 31.7 Å². The van der Waals surface area contributed by atoms with Crippen molar-refractivity contribution >= 4 is 24.7 Å². The molecule has 0 rings (SSSR count). The van der Waals surface area contributed by atoms with E-state index >= 15 is 0 Å². The van der Waals surface area contributed by atoms with Gasteiger partial charge in [0.05, 0.1) is 6.61 Å². The van der Waals surface area contributed by atoms with E-state index < -0.39 is 7.82 Å². The fraction of sp³-hybridized carbons (Fsp3) is 0.900. The highest BCUT2D eigenvalue weighted by molar-refractivity contribution is 8.13. The predicted molar refractivity (Wildman–Crippen MR) is 69.1 cm³/mol. The van der Waals surface area contributed by atoms with Crippen LogP contribution in [-0.2, 0) is 22.9 Å². The molecule has 0 radical (unpaired) electrons. The first kappa shape index (κ1) is 17.1. The maximum absolute atomic E-state index is 11.6. The Morgan fingerprint density at radius 3 is 2.18 bits per heavy atom. The summed E-state index contributed by atoms with van der Waals surface area (Å²) in [6.07, 6.45) is 0.614. The van der Waals surface area contributed by atoms with Crippen molar-refractivity contribution in [2.75, 3.05) is 26.6 Å². The van der Waals surface area contributed by atoms with Crippen LogP contribution in [0.2, 0.25) is 0 Å². The molecule has 0 aromatic heterocycles. The van der Waals surface area contributed by atoms with Gasteiger partial charge in [-0.25, -0.2) is 4.57 Å². The van der Waals surface area contributed by atoms with Gasteiger partial charge < -0.3 is 0 Å². The Labute approximate surface area is 107 Å². The number of carbonyl (C=O) groups is 1. The molecule has 0 aliphatic rings. The van der Waals surface area contributed by atoms with Gasteiger partial charge in [0.25, 0.3) is 0 Å². The van der Waals surface area contributed by atoms with E-state index in [1.54, 1.807) is 0 Å². The van der Waals surface area contributed by atoms with Gasteiger partial charge in [0.1, 0.15) is 0 Å². The first-order chi connectivity index (χ1) is 7.75. The zero-order valence-corrected chi connectivity index (χ0v) is 12.7. The summed E-state index contributed by atoms with van der Waals surface area (Å²) in [6.45, 7) is 5.87. The Morgan fingerprint density at radius 1 is 1.24 bits per heavy atom. The minimum atomic E-state index is -3.37. The summed E-state index contributed by atoms with van der Waals surface area (Å²) in [6, 6.07) is 0. The average Bonchev–Trinajstić information content (AvgIpc) is 2.26. The molecule has 0 saturated carbocycles. The molecule has 5 nitrogen and oxygen atoms in total. The van der Waals surface area contributed by atoms with Crippen LogP contribution in [0.25, 0.3) is 0 Å². The standard InChI is InChI=1S/C10H21O5PS/c1-10(2,3)9(11)17-8-6-7-15-16(12,13-4)14-5/h6-8H2,1-5H3. The molecule has 0 unspecified atom stereocenters. The molecule has 0 saturated heterocycles. The topological polar surface area (TPSA) is 61.8 Å². The van der Waals surface area contributed by atoms with Crippen LogP contribution in [0.4, 0.5) is 0 Å². The Balaban J connectivity index is 3.74. The second-order valence-corrected chi connectivity index (χ2v) is 7.34. The van der Waals surface area contributed by atoms with E-state index in [4.69, 9.17) is 4.52 Å². The fourth-order valence-electron chi connectivity index (χ4n) is 0.797. The van der Waals surface area contributed by atoms with Crippen molar-refractivity contribution in [3.05, 3.63) is 0 Å². The SMILES string of the molecule is COP(=O)(OC)OCCCSC(=O)C(C)(C)C. The molecular formula is C10H21O5PS. The van der Waals surface area contributed by atoms with Gasteiger partial charge in [0.2, 0.25) is 0 Å². The van der Waals surface area contributed by atoms with Crippen LogP contribution < -0.4 is 0 Å². The molecule has 0 spiro atoms. The number of phosphoric acid groups is 1. The minimum Gasteiger partial charge on any atom is -0.290 e. The minimum absolute atomic E-state index is 0.138. The van der Waals surface area contributed by atoms with Crippen molar-refractivity contribution < 1.29 is 22.9 Å². The van der Waals surface area contributed by atoms with Crippen LogP contribution in [0.15, 0.2) is 0 Å². The van der Waals surface area contributed by atoms with Gasteiger partial charge in [0, 0.05) is 25.4 Å². The molecular weight excluding hydrogens is 263 g/mol. The summed E-state index contributed by atoms with van der Waals surface area (Å²) >= 11 is 1.26. The zero-order valence-electron chi connectivity index (χ0n) is 11.0. The van der Waals surface area contributed by atoms with E-state index in [2.05, 4.69) is 9.05 Å². The van der Waals surface area contributed by atoms with Gasteiger partial charge in [-0.3, -0.25) is 18.4 Å². The molecule has 0 bridgehead atoms. The van der Waals surface area contributed by atoms with Gasteiger partial charge in [-0.05, 0) is 6.42 Å². The van der Waals surface area contributed by atoms with Crippen molar-refractivity contribution in [1.82, 2.24) is 0 Å². The molecule has 0 aromatic rings. The number of hydrogen-bond acceptors (Lipinski definition) is 6. The van der Waals surface area contributed by atoms with Crippen molar-refractivity contribution in [3.63, 3.8) is 0 Å². The number of carbonyl (C=O) groups excluding carboxylic acids is 1. The first-order valence-electron chi connectivity index (χ1n) is 5.28. The molecule has 0 atom stereocenters. The van der Waals surface area contributed by atoms with Gasteiger partial charge in [-0.15, -0.1) is 0 Å². The smallest absolute Gasteiger partial charge is 0.290 e. The second kappa shape index (κ2) is 7.54. The summed E-state index contributed by atoms with van der Waals surface area (Å²) in [5.41, 5.74) is -0.333. The maximum Gasteiger partial charge on any atom is 0.474 e. The number of hydrogen-bond donors (Lipinski definition) is 0. The normalized spacial score (nSPS) is 12.8. The Morgan fingerprint density at radius 2 is 1.76 bits per heavy atom. The first-order valence-corrected chi connectivity index (χ1v) is 7.73. The van der Waals surface area contributed by atoms with Crippen molar-refractivity contribution in [3.8, 4) is 0 Å². The molecule has 102 valence electrons. The quantitative estimate of drug-likeness (QED) is 0.529. The summed E-state index contributed by atoms with van der Waals surface area (Å²) in [4.78, 5) is 11.6. The molecule has 0 fully saturated rings. The lowest BCUT2D eigenvalue weighted by molar-refractivity contribution is -0.117. The maximum atomic E-state index is 11.6. The van der Waals surface area contributed by atoms with Crippen LogP contribution in [0.5, 0.6) is 0 Å². The van der Waals surface area contributed by atoms with Gasteiger partial charge in [-0.1, -0.05) is 32.5 Å². The Bertz CT molecular complexity index is 279. The molecule has 0 N–H and O–H groups in total. The molecule has 0 aromatic carbocycles.